The van der Waals surface area contributed by atoms with Crippen molar-refractivity contribution in [1.82, 2.24) is 0 Å². The molecule has 186 valence electrons. The first-order valence-electron chi connectivity index (χ1n) is 12.8. The van der Waals surface area contributed by atoms with Crippen molar-refractivity contribution in [2.45, 2.75) is 38.1 Å². The van der Waals surface area contributed by atoms with E-state index >= 15 is 0 Å². The van der Waals surface area contributed by atoms with Gasteiger partial charge in [-0.3, -0.25) is 0 Å². The Bertz CT molecular complexity index is 1410. The average Bonchev–Trinajstić information content (AvgIpc) is 3.35. The summed E-state index contributed by atoms with van der Waals surface area (Å²) in [4.78, 5) is 2.40. The molecule has 3 nitrogen and oxygen atoms in total. The summed E-state index contributed by atoms with van der Waals surface area (Å²) in [5.74, 6) is 0.827. The molecule has 0 amide bonds. The van der Waals surface area contributed by atoms with Crippen molar-refractivity contribution in [2.24, 2.45) is 0 Å². The summed E-state index contributed by atoms with van der Waals surface area (Å²) < 4.78 is 19.7. The molecule has 4 aromatic carbocycles. The first-order valence-corrected chi connectivity index (χ1v) is 12.8. The van der Waals surface area contributed by atoms with Gasteiger partial charge in [-0.2, -0.15) is 5.26 Å². The second-order valence-electron chi connectivity index (χ2n) is 9.84. The second kappa shape index (κ2) is 10.9. The van der Waals surface area contributed by atoms with E-state index in [0.29, 0.717) is 23.7 Å². The molecule has 1 aliphatic rings. The van der Waals surface area contributed by atoms with E-state index in [-0.39, 0.29) is 11.9 Å². The molecule has 5 rings (SSSR count). The van der Waals surface area contributed by atoms with Crippen molar-refractivity contribution in [3.8, 4) is 22.9 Å². The Kier molecular flexibility index (Phi) is 7.23. The summed E-state index contributed by atoms with van der Waals surface area (Å²) in [7, 11) is 1.59. The van der Waals surface area contributed by atoms with Crippen LogP contribution in [0.15, 0.2) is 91.0 Å². The van der Waals surface area contributed by atoms with Crippen LogP contribution in [0, 0.1) is 24.1 Å². The number of aryl methyl sites for hydroxylation is 1. The van der Waals surface area contributed by atoms with E-state index in [9.17, 15) is 9.65 Å². The Balaban J connectivity index is 1.32. The number of nitrogens with zero attached hydrogens (tertiary/aromatic N) is 2. The zero-order valence-electron chi connectivity index (χ0n) is 21.3. The number of anilines is 1. The third-order valence-electron chi connectivity index (χ3n) is 7.50. The van der Waals surface area contributed by atoms with Crippen molar-refractivity contribution in [3.05, 3.63) is 119 Å². The van der Waals surface area contributed by atoms with Crippen LogP contribution >= 0.6 is 0 Å². The maximum atomic E-state index is 14.5. The van der Waals surface area contributed by atoms with E-state index in [1.807, 2.05) is 18.2 Å². The smallest absolute Gasteiger partial charge is 0.131 e. The maximum absolute atomic E-state index is 14.5. The highest BCUT2D eigenvalue weighted by molar-refractivity contribution is 5.67. The molecule has 1 aliphatic heterocycles. The molecule has 2 atom stereocenters. The van der Waals surface area contributed by atoms with Gasteiger partial charge in [-0.05, 0) is 77.9 Å². The fourth-order valence-electron chi connectivity index (χ4n) is 5.44. The number of benzene rings is 4. The average molecular weight is 491 g/mol. The number of halogens is 1. The molecular formula is C33H31FN2O. The van der Waals surface area contributed by atoms with Gasteiger partial charge in [-0.15, -0.1) is 0 Å². The van der Waals surface area contributed by atoms with Gasteiger partial charge in [-0.1, -0.05) is 60.7 Å². The van der Waals surface area contributed by atoms with E-state index in [2.05, 4.69) is 72.5 Å². The van der Waals surface area contributed by atoms with Crippen LogP contribution in [-0.2, 0) is 6.42 Å². The minimum absolute atomic E-state index is 0.229. The van der Waals surface area contributed by atoms with Crippen LogP contribution in [-0.4, -0.2) is 19.7 Å². The van der Waals surface area contributed by atoms with Gasteiger partial charge in [-0.25, -0.2) is 4.39 Å². The van der Waals surface area contributed by atoms with Crippen LogP contribution in [0.4, 0.5) is 10.1 Å². The SMILES string of the molecule is COc1ccc(F)c(-c2ccc(Cc3ccc(N4C[C@H](c5ccccc5)C[C@@H]4CC#N)cc3)c(C)c2)c1. The summed E-state index contributed by atoms with van der Waals surface area (Å²) in [6, 6.07) is 32.9. The monoisotopic (exact) mass is 490 g/mol. The quantitative estimate of drug-likeness (QED) is 0.267. The van der Waals surface area contributed by atoms with E-state index in [1.54, 1.807) is 19.2 Å². The van der Waals surface area contributed by atoms with Crippen molar-refractivity contribution < 1.29 is 9.13 Å². The highest BCUT2D eigenvalue weighted by atomic mass is 19.1. The number of methoxy groups -OCH3 is 1. The largest absolute Gasteiger partial charge is 0.497 e. The lowest BCUT2D eigenvalue weighted by Gasteiger charge is -2.25. The van der Waals surface area contributed by atoms with E-state index in [0.717, 1.165) is 30.5 Å². The number of rotatable bonds is 7. The molecule has 1 saturated heterocycles. The third-order valence-corrected chi connectivity index (χ3v) is 7.50. The first-order chi connectivity index (χ1) is 18.1. The molecule has 0 N–H and O–H groups in total. The minimum atomic E-state index is -0.255. The molecule has 0 bridgehead atoms. The van der Waals surface area contributed by atoms with Gasteiger partial charge in [0.2, 0.25) is 0 Å². The van der Waals surface area contributed by atoms with Crippen LogP contribution < -0.4 is 9.64 Å². The van der Waals surface area contributed by atoms with E-state index in [1.165, 1.54) is 28.4 Å². The zero-order chi connectivity index (χ0) is 25.8. The first kappa shape index (κ1) is 24.6. The lowest BCUT2D eigenvalue weighted by atomic mass is 9.95. The lowest BCUT2D eigenvalue weighted by Crippen LogP contribution is -2.28. The standard InChI is InChI=1S/C33H31FN2O/c1-23-18-27(32-21-31(37-2)14-15-33(32)34)11-10-26(23)19-24-8-12-29(13-9-24)36-22-28(20-30(36)16-17-35)25-6-4-3-5-7-25/h3-15,18,21,28,30H,16,19-20,22H2,1-2H3/t28-,30+/m1/s1. The molecule has 4 heteroatoms. The molecule has 0 aromatic heterocycles. The molecule has 0 unspecified atom stereocenters. The summed E-state index contributed by atoms with van der Waals surface area (Å²) in [5.41, 5.74) is 7.47. The summed E-state index contributed by atoms with van der Waals surface area (Å²) in [6.07, 6.45) is 2.34. The molecule has 0 saturated carbocycles. The number of nitriles is 1. The van der Waals surface area contributed by atoms with Gasteiger partial charge < -0.3 is 9.64 Å². The fraction of sp³-hybridized carbons (Fsp3) is 0.242. The highest BCUT2D eigenvalue weighted by Gasteiger charge is 2.32. The van der Waals surface area contributed by atoms with Gasteiger partial charge in [0.05, 0.1) is 19.6 Å². The fourth-order valence-corrected chi connectivity index (χ4v) is 5.44. The predicted octanol–water partition coefficient (Wildman–Crippen LogP) is 7.68. The molecule has 1 heterocycles. The van der Waals surface area contributed by atoms with Gasteiger partial charge in [0, 0.05) is 29.8 Å². The van der Waals surface area contributed by atoms with Crippen molar-refractivity contribution in [3.63, 3.8) is 0 Å². The Morgan fingerprint density at radius 3 is 2.46 bits per heavy atom. The molecule has 0 aliphatic carbocycles. The Morgan fingerprint density at radius 1 is 0.973 bits per heavy atom. The summed E-state index contributed by atoms with van der Waals surface area (Å²) >= 11 is 0. The van der Waals surface area contributed by atoms with E-state index in [4.69, 9.17) is 4.74 Å². The Morgan fingerprint density at radius 2 is 1.76 bits per heavy atom. The van der Waals surface area contributed by atoms with Gasteiger partial charge in [0.25, 0.3) is 0 Å². The number of hydrogen-bond acceptors (Lipinski definition) is 3. The second-order valence-corrected chi connectivity index (χ2v) is 9.84. The van der Waals surface area contributed by atoms with Crippen molar-refractivity contribution in [2.75, 3.05) is 18.6 Å². The minimum Gasteiger partial charge on any atom is -0.497 e. The Labute approximate surface area is 218 Å². The predicted molar refractivity (Wildman–Crippen MR) is 148 cm³/mol. The normalized spacial score (nSPS) is 17.0. The zero-order valence-corrected chi connectivity index (χ0v) is 21.3. The molecule has 1 fully saturated rings. The molecule has 4 aromatic rings. The van der Waals surface area contributed by atoms with E-state index < -0.39 is 0 Å². The topological polar surface area (TPSA) is 36.3 Å². The molecule has 37 heavy (non-hydrogen) atoms. The highest BCUT2D eigenvalue weighted by Crippen LogP contribution is 2.36. The summed E-state index contributed by atoms with van der Waals surface area (Å²) in [6.45, 7) is 3.00. The van der Waals surface area contributed by atoms with Crippen LogP contribution in [0.25, 0.3) is 11.1 Å². The Hall–Kier alpha value is -4.10. The van der Waals surface area contributed by atoms with Crippen LogP contribution in [0.5, 0.6) is 5.75 Å². The van der Waals surface area contributed by atoms with Crippen LogP contribution in [0.1, 0.15) is 41.0 Å². The molecule has 0 spiro atoms. The van der Waals surface area contributed by atoms with Crippen LogP contribution in [0.3, 0.4) is 0 Å². The van der Waals surface area contributed by atoms with Gasteiger partial charge in [0.15, 0.2) is 0 Å². The summed E-state index contributed by atoms with van der Waals surface area (Å²) in [5, 5.41) is 9.41. The maximum Gasteiger partial charge on any atom is 0.131 e. The van der Waals surface area contributed by atoms with Crippen molar-refractivity contribution >= 4 is 5.69 Å². The van der Waals surface area contributed by atoms with Crippen molar-refractivity contribution in [1.29, 1.82) is 5.26 Å². The third kappa shape index (κ3) is 5.37. The number of ether oxygens (including phenoxy) is 1. The molecular weight excluding hydrogens is 459 g/mol. The van der Waals surface area contributed by atoms with Gasteiger partial charge >= 0.3 is 0 Å². The molecule has 0 radical (unpaired) electrons. The number of hydrogen-bond donors (Lipinski definition) is 0. The lowest BCUT2D eigenvalue weighted by molar-refractivity contribution is 0.414. The van der Waals surface area contributed by atoms with Crippen LogP contribution in [0.2, 0.25) is 0 Å². The van der Waals surface area contributed by atoms with Gasteiger partial charge in [0.1, 0.15) is 11.6 Å².